The summed E-state index contributed by atoms with van der Waals surface area (Å²) in [6.45, 7) is 1.83. The van der Waals surface area contributed by atoms with E-state index in [2.05, 4.69) is 5.32 Å². The maximum absolute atomic E-state index is 11.6. The molecule has 0 saturated carbocycles. The number of carbonyl (C=O) groups excluding carboxylic acids is 3. The fourth-order valence-electron chi connectivity index (χ4n) is 1.55. The molecular formula is C10H17N3O3. The molecule has 6 heteroatoms. The van der Waals surface area contributed by atoms with E-state index in [1.807, 2.05) is 6.92 Å². The van der Waals surface area contributed by atoms with Crippen LogP contribution in [0.2, 0.25) is 0 Å². The third-order valence-electron chi connectivity index (χ3n) is 2.35. The minimum absolute atomic E-state index is 0.0250. The molecule has 1 rings (SSSR count). The molecule has 0 aliphatic carbocycles. The standard InChI is InChI=1S/C10H17N3O3/c1-7(11)3-2-4-10(16)13-5-8(14)12-9(15)6-13/h7H,2-6,11H2,1H3,(H,12,14,15). The van der Waals surface area contributed by atoms with Crippen LogP contribution < -0.4 is 11.1 Å². The minimum Gasteiger partial charge on any atom is -0.328 e. The minimum atomic E-state index is -0.420. The molecule has 1 fully saturated rings. The summed E-state index contributed by atoms with van der Waals surface area (Å²) in [5, 5.41) is 2.15. The number of piperazine rings is 1. The van der Waals surface area contributed by atoms with E-state index in [-0.39, 0.29) is 25.0 Å². The summed E-state index contributed by atoms with van der Waals surface area (Å²) in [6.07, 6.45) is 1.78. The lowest BCUT2D eigenvalue weighted by Gasteiger charge is -2.25. The zero-order valence-corrected chi connectivity index (χ0v) is 9.36. The van der Waals surface area contributed by atoms with Crippen LogP contribution in [0.3, 0.4) is 0 Å². The highest BCUT2D eigenvalue weighted by Gasteiger charge is 2.25. The molecule has 1 saturated heterocycles. The first-order chi connectivity index (χ1) is 7.49. The van der Waals surface area contributed by atoms with E-state index in [1.54, 1.807) is 0 Å². The van der Waals surface area contributed by atoms with E-state index in [0.717, 1.165) is 6.42 Å². The Morgan fingerprint density at radius 3 is 2.50 bits per heavy atom. The van der Waals surface area contributed by atoms with E-state index in [0.29, 0.717) is 12.8 Å². The second kappa shape index (κ2) is 5.60. The fraction of sp³-hybridized carbons (Fsp3) is 0.700. The molecule has 6 nitrogen and oxygen atoms in total. The van der Waals surface area contributed by atoms with Crippen molar-refractivity contribution >= 4 is 17.7 Å². The second-order valence-electron chi connectivity index (χ2n) is 4.09. The van der Waals surface area contributed by atoms with E-state index in [4.69, 9.17) is 5.73 Å². The van der Waals surface area contributed by atoms with Gasteiger partial charge in [0.05, 0.1) is 0 Å². The maximum atomic E-state index is 11.6. The third-order valence-corrected chi connectivity index (χ3v) is 2.35. The zero-order valence-electron chi connectivity index (χ0n) is 9.36. The Bertz CT molecular complexity index is 286. The molecular weight excluding hydrogens is 210 g/mol. The van der Waals surface area contributed by atoms with Gasteiger partial charge in [0.15, 0.2) is 0 Å². The number of rotatable bonds is 4. The Labute approximate surface area is 94.2 Å². The molecule has 1 atom stereocenters. The molecule has 1 aliphatic heterocycles. The number of amides is 3. The second-order valence-corrected chi connectivity index (χ2v) is 4.09. The Hall–Kier alpha value is -1.43. The quantitative estimate of drug-likeness (QED) is 0.602. The van der Waals surface area contributed by atoms with Gasteiger partial charge in [-0.05, 0) is 19.8 Å². The smallest absolute Gasteiger partial charge is 0.246 e. The van der Waals surface area contributed by atoms with E-state index < -0.39 is 11.8 Å². The highest BCUT2D eigenvalue weighted by Crippen LogP contribution is 2.04. The average molecular weight is 227 g/mol. The van der Waals surface area contributed by atoms with Gasteiger partial charge in [-0.2, -0.15) is 0 Å². The van der Waals surface area contributed by atoms with Crippen LogP contribution in [0.1, 0.15) is 26.2 Å². The van der Waals surface area contributed by atoms with Crippen LogP contribution in [-0.4, -0.2) is 41.8 Å². The van der Waals surface area contributed by atoms with Crippen LogP contribution in [-0.2, 0) is 14.4 Å². The molecule has 90 valence electrons. The van der Waals surface area contributed by atoms with Crippen LogP contribution in [0.4, 0.5) is 0 Å². The zero-order chi connectivity index (χ0) is 12.1. The summed E-state index contributed by atoms with van der Waals surface area (Å²) in [5.74, 6) is -1.00. The molecule has 0 spiro atoms. The third kappa shape index (κ3) is 3.98. The number of nitrogens with one attached hydrogen (secondary N) is 1. The van der Waals surface area contributed by atoms with Crippen LogP contribution in [0, 0.1) is 0 Å². The Morgan fingerprint density at radius 2 is 2.00 bits per heavy atom. The molecule has 0 radical (unpaired) electrons. The van der Waals surface area contributed by atoms with Crippen molar-refractivity contribution in [3.8, 4) is 0 Å². The van der Waals surface area contributed by atoms with Gasteiger partial charge in [0.25, 0.3) is 0 Å². The van der Waals surface area contributed by atoms with Crippen molar-refractivity contribution < 1.29 is 14.4 Å². The van der Waals surface area contributed by atoms with Gasteiger partial charge in [-0.3, -0.25) is 19.7 Å². The Kier molecular flexibility index (Phi) is 4.42. The molecule has 3 amide bonds. The van der Waals surface area contributed by atoms with Crippen LogP contribution >= 0.6 is 0 Å². The summed E-state index contributed by atoms with van der Waals surface area (Å²) in [4.78, 5) is 35.0. The molecule has 3 N–H and O–H groups in total. The van der Waals surface area contributed by atoms with E-state index in [9.17, 15) is 14.4 Å². The molecule has 1 aliphatic rings. The van der Waals surface area contributed by atoms with Gasteiger partial charge in [-0.1, -0.05) is 0 Å². The largest absolute Gasteiger partial charge is 0.328 e. The van der Waals surface area contributed by atoms with Crippen molar-refractivity contribution in [3.63, 3.8) is 0 Å². The van der Waals surface area contributed by atoms with Crippen LogP contribution in [0.15, 0.2) is 0 Å². The molecule has 16 heavy (non-hydrogen) atoms. The van der Waals surface area contributed by atoms with Gasteiger partial charge in [-0.25, -0.2) is 0 Å². The summed E-state index contributed by atoms with van der Waals surface area (Å²) in [6, 6.07) is 0.0686. The van der Waals surface area contributed by atoms with Crippen molar-refractivity contribution in [2.75, 3.05) is 13.1 Å². The van der Waals surface area contributed by atoms with E-state index >= 15 is 0 Å². The van der Waals surface area contributed by atoms with Gasteiger partial charge in [0.2, 0.25) is 17.7 Å². The lowest BCUT2D eigenvalue weighted by Crippen LogP contribution is -2.53. The molecule has 0 aromatic heterocycles. The predicted octanol–water partition coefficient (Wildman–Crippen LogP) is -1.01. The molecule has 0 aromatic carbocycles. The summed E-state index contributed by atoms with van der Waals surface area (Å²) in [7, 11) is 0. The van der Waals surface area contributed by atoms with Crippen LogP contribution in [0.5, 0.6) is 0 Å². The van der Waals surface area contributed by atoms with Crippen molar-refractivity contribution in [2.24, 2.45) is 5.73 Å². The lowest BCUT2D eigenvalue weighted by atomic mass is 10.1. The van der Waals surface area contributed by atoms with Gasteiger partial charge in [0.1, 0.15) is 13.1 Å². The Balaban J connectivity index is 2.35. The average Bonchev–Trinajstić information content (AvgIpc) is 2.15. The first kappa shape index (κ1) is 12.6. The number of nitrogens with two attached hydrogens (primary N) is 1. The monoisotopic (exact) mass is 227 g/mol. The van der Waals surface area contributed by atoms with Crippen molar-refractivity contribution in [1.29, 1.82) is 0 Å². The van der Waals surface area contributed by atoms with Crippen molar-refractivity contribution in [2.45, 2.75) is 32.2 Å². The van der Waals surface area contributed by atoms with Crippen molar-refractivity contribution in [3.05, 3.63) is 0 Å². The topological polar surface area (TPSA) is 92.5 Å². The highest BCUT2D eigenvalue weighted by atomic mass is 16.2. The number of hydrogen-bond donors (Lipinski definition) is 2. The van der Waals surface area contributed by atoms with Gasteiger partial charge in [0, 0.05) is 12.5 Å². The fourth-order valence-corrected chi connectivity index (χ4v) is 1.55. The predicted molar refractivity (Wildman–Crippen MR) is 57.2 cm³/mol. The molecule has 0 aromatic rings. The molecule has 1 heterocycles. The van der Waals surface area contributed by atoms with Gasteiger partial charge in [-0.15, -0.1) is 0 Å². The van der Waals surface area contributed by atoms with E-state index in [1.165, 1.54) is 4.90 Å². The number of hydrogen-bond acceptors (Lipinski definition) is 4. The first-order valence-corrected chi connectivity index (χ1v) is 5.35. The molecule has 1 unspecified atom stereocenters. The van der Waals surface area contributed by atoms with Gasteiger partial charge < -0.3 is 10.6 Å². The van der Waals surface area contributed by atoms with Crippen LogP contribution in [0.25, 0.3) is 0 Å². The summed E-state index contributed by atoms with van der Waals surface area (Å²) >= 11 is 0. The highest BCUT2D eigenvalue weighted by molar-refractivity contribution is 6.02. The summed E-state index contributed by atoms with van der Waals surface area (Å²) < 4.78 is 0. The number of imide groups is 1. The maximum Gasteiger partial charge on any atom is 0.246 e. The SMILES string of the molecule is CC(N)CCCC(=O)N1CC(=O)NC(=O)C1. The molecule has 0 bridgehead atoms. The normalized spacial score (nSPS) is 18.2. The van der Waals surface area contributed by atoms with Gasteiger partial charge >= 0.3 is 0 Å². The first-order valence-electron chi connectivity index (χ1n) is 5.35. The lowest BCUT2D eigenvalue weighted by molar-refractivity contribution is -0.145. The summed E-state index contributed by atoms with van der Waals surface area (Å²) in [5.41, 5.74) is 5.56. The van der Waals surface area contributed by atoms with Crippen molar-refractivity contribution in [1.82, 2.24) is 10.2 Å². The number of nitrogens with zero attached hydrogens (tertiary/aromatic N) is 1. The Morgan fingerprint density at radius 1 is 1.44 bits per heavy atom. The number of carbonyl (C=O) groups is 3.